The van der Waals surface area contributed by atoms with Crippen LogP contribution in [0.15, 0.2) is 54.6 Å². The number of likely N-dealkylation sites (N-methyl/N-ethyl adjacent to an activating group) is 1. The lowest BCUT2D eigenvalue weighted by molar-refractivity contribution is -0.134. The molecule has 2 aromatic rings. The highest BCUT2D eigenvalue weighted by atomic mass is 35.5. The second-order valence-electron chi connectivity index (χ2n) is 6.49. The Labute approximate surface area is 166 Å². The molecule has 5 nitrogen and oxygen atoms in total. The Bertz CT molecular complexity index is 744. The van der Waals surface area contributed by atoms with E-state index in [2.05, 4.69) is 5.32 Å². The van der Waals surface area contributed by atoms with Crippen molar-refractivity contribution in [3.05, 3.63) is 65.7 Å². The Morgan fingerprint density at radius 1 is 1.00 bits per heavy atom. The van der Waals surface area contributed by atoms with E-state index >= 15 is 0 Å². The van der Waals surface area contributed by atoms with Crippen molar-refractivity contribution in [3.8, 4) is 5.75 Å². The van der Waals surface area contributed by atoms with Gasteiger partial charge in [0.15, 0.2) is 12.4 Å². The molecule has 2 aromatic carbocycles. The maximum Gasteiger partial charge on any atom is 0.260 e. The summed E-state index contributed by atoms with van der Waals surface area (Å²) in [5, 5.41) is 3.30. The van der Waals surface area contributed by atoms with E-state index in [4.69, 9.17) is 4.74 Å². The molecule has 0 atom stereocenters. The second kappa shape index (κ2) is 10.1. The third-order valence-corrected chi connectivity index (χ3v) is 4.76. The Balaban J connectivity index is 0.00000261. The lowest BCUT2D eigenvalue weighted by Gasteiger charge is -2.31. The van der Waals surface area contributed by atoms with E-state index in [-0.39, 0.29) is 36.7 Å². The highest BCUT2D eigenvalue weighted by Gasteiger charge is 2.22. The molecule has 0 spiro atoms. The first-order chi connectivity index (χ1) is 12.6. The first-order valence-electron chi connectivity index (χ1n) is 8.94. The van der Waals surface area contributed by atoms with Crippen molar-refractivity contribution < 1.29 is 14.3 Å². The fraction of sp³-hybridized carbons (Fsp3) is 0.333. The van der Waals surface area contributed by atoms with Gasteiger partial charge in [-0.25, -0.2) is 0 Å². The third kappa shape index (κ3) is 5.55. The van der Waals surface area contributed by atoms with Gasteiger partial charge in [-0.15, -0.1) is 12.4 Å². The van der Waals surface area contributed by atoms with E-state index in [1.165, 1.54) is 0 Å². The maximum atomic E-state index is 12.4. The monoisotopic (exact) mass is 388 g/mol. The molecule has 3 rings (SSSR count). The predicted octanol–water partition coefficient (Wildman–Crippen LogP) is 2.93. The van der Waals surface area contributed by atoms with Gasteiger partial charge in [-0.3, -0.25) is 9.59 Å². The molecule has 1 aliphatic rings. The minimum atomic E-state index is -0.0288. The average molecular weight is 389 g/mol. The average Bonchev–Trinajstić information content (AvgIpc) is 2.72. The van der Waals surface area contributed by atoms with Crippen LogP contribution in [0.3, 0.4) is 0 Å². The molecule has 0 unspecified atom stereocenters. The van der Waals surface area contributed by atoms with E-state index in [1.54, 1.807) is 41.3 Å². The van der Waals surface area contributed by atoms with Crippen LogP contribution in [0.25, 0.3) is 0 Å². The summed E-state index contributed by atoms with van der Waals surface area (Å²) in [7, 11) is 1.84. The molecule has 1 fully saturated rings. The van der Waals surface area contributed by atoms with Crippen molar-refractivity contribution in [3.63, 3.8) is 0 Å². The molecule has 0 radical (unpaired) electrons. The van der Waals surface area contributed by atoms with Crippen molar-refractivity contribution >= 4 is 24.1 Å². The molecule has 1 aliphatic heterocycles. The highest BCUT2D eigenvalue weighted by Crippen LogP contribution is 2.16. The van der Waals surface area contributed by atoms with Gasteiger partial charge in [0.05, 0.1) is 0 Å². The zero-order valence-corrected chi connectivity index (χ0v) is 16.2. The van der Waals surface area contributed by atoms with Gasteiger partial charge in [0, 0.05) is 24.2 Å². The summed E-state index contributed by atoms with van der Waals surface area (Å²) in [5.74, 6) is 0.530. The fourth-order valence-corrected chi connectivity index (χ4v) is 3.10. The van der Waals surface area contributed by atoms with Crippen LogP contribution in [-0.4, -0.2) is 49.4 Å². The van der Waals surface area contributed by atoms with Gasteiger partial charge in [-0.05, 0) is 50.2 Å². The van der Waals surface area contributed by atoms with Crippen LogP contribution < -0.4 is 10.1 Å². The molecule has 1 heterocycles. The normalized spacial score (nSPS) is 14.1. The number of carbonyl (C=O) groups excluding carboxylic acids is 2. The summed E-state index contributed by atoms with van der Waals surface area (Å²) in [5.41, 5.74) is 1.25. The van der Waals surface area contributed by atoms with E-state index in [1.807, 2.05) is 25.2 Å². The van der Waals surface area contributed by atoms with E-state index < -0.39 is 0 Å². The zero-order valence-electron chi connectivity index (χ0n) is 15.4. The van der Waals surface area contributed by atoms with Crippen LogP contribution in [0, 0.1) is 0 Å². The van der Waals surface area contributed by atoms with Crippen molar-refractivity contribution in [2.24, 2.45) is 0 Å². The molecule has 0 aliphatic carbocycles. The van der Waals surface area contributed by atoms with Crippen LogP contribution in [0.5, 0.6) is 5.75 Å². The first kappa shape index (κ1) is 20.9. The summed E-state index contributed by atoms with van der Waals surface area (Å²) in [6, 6.07) is 16.3. The van der Waals surface area contributed by atoms with Crippen LogP contribution in [-0.2, 0) is 4.79 Å². The number of carbonyl (C=O) groups is 2. The first-order valence-corrected chi connectivity index (χ1v) is 8.94. The van der Waals surface area contributed by atoms with Gasteiger partial charge >= 0.3 is 0 Å². The lowest BCUT2D eigenvalue weighted by Crippen LogP contribution is -2.45. The summed E-state index contributed by atoms with van der Waals surface area (Å²) in [6.07, 6.45) is 1.94. The summed E-state index contributed by atoms with van der Waals surface area (Å²) >= 11 is 0. The minimum Gasteiger partial charge on any atom is -0.484 e. The number of nitrogens with one attached hydrogen (secondary N) is 1. The fourth-order valence-electron chi connectivity index (χ4n) is 3.10. The molecule has 0 saturated carbocycles. The van der Waals surface area contributed by atoms with Gasteiger partial charge < -0.3 is 15.0 Å². The molecule has 1 N–H and O–H groups in total. The molecule has 27 heavy (non-hydrogen) atoms. The van der Waals surface area contributed by atoms with Crippen LogP contribution in [0.2, 0.25) is 0 Å². The van der Waals surface area contributed by atoms with E-state index in [0.717, 1.165) is 25.9 Å². The van der Waals surface area contributed by atoms with Crippen molar-refractivity contribution in [1.29, 1.82) is 0 Å². The smallest absolute Gasteiger partial charge is 0.260 e. The number of rotatable bonds is 6. The van der Waals surface area contributed by atoms with Crippen LogP contribution in [0.1, 0.15) is 28.8 Å². The summed E-state index contributed by atoms with van der Waals surface area (Å²) in [4.78, 5) is 26.5. The Morgan fingerprint density at radius 3 is 2.22 bits per heavy atom. The zero-order chi connectivity index (χ0) is 18.4. The third-order valence-electron chi connectivity index (χ3n) is 4.76. The highest BCUT2D eigenvalue weighted by molar-refractivity contribution is 6.08. The molecule has 144 valence electrons. The number of ketones is 1. The quantitative estimate of drug-likeness (QED) is 0.773. The van der Waals surface area contributed by atoms with Gasteiger partial charge in [-0.1, -0.05) is 30.3 Å². The molecule has 0 bridgehead atoms. The van der Waals surface area contributed by atoms with Crippen LogP contribution >= 0.6 is 12.4 Å². The predicted molar refractivity (Wildman–Crippen MR) is 108 cm³/mol. The number of nitrogens with zero attached hydrogens (tertiary/aromatic N) is 1. The molecule has 1 saturated heterocycles. The SMILES string of the molecule is CN(C(=O)COc1ccc(C(=O)c2ccccc2)cc1)C1CCNCC1.Cl. The Kier molecular flexibility index (Phi) is 7.82. The summed E-state index contributed by atoms with van der Waals surface area (Å²) in [6.45, 7) is 1.90. The number of amides is 1. The molecular weight excluding hydrogens is 364 g/mol. The van der Waals surface area contributed by atoms with Crippen LogP contribution in [0.4, 0.5) is 0 Å². The largest absolute Gasteiger partial charge is 0.484 e. The van der Waals surface area contributed by atoms with Crippen molar-refractivity contribution in [2.75, 3.05) is 26.7 Å². The Morgan fingerprint density at radius 2 is 1.59 bits per heavy atom. The summed E-state index contributed by atoms with van der Waals surface area (Å²) < 4.78 is 5.60. The number of benzene rings is 2. The van der Waals surface area contributed by atoms with Gasteiger partial charge in [0.1, 0.15) is 5.75 Å². The molecule has 0 aromatic heterocycles. The van der Waals surface area contributed by atoms with E-state index in [9.17, 15) is 9.59 Å². The second-order valence-corrected chi connectivity index (χ2v) is 6.49. The topological polar surface area (TPSA) is 58.6 Å². The van der Waals surface area contributed by atoms with Gasteiger partial charge in [0.2, 0.25) is 0 Å². The lowest BCUT2D eigenvalue weighted by atomic mass is 10.0. The number of hydrogen-bond acceptors (Lipinski definition) is 4. The van der Waals surface area contributed by atoms with Crippen molar-refractivity contribution in [1.82, 2.24) is 10.2 Å². The minimum absolute atomic E-state index is 0. The maximum absolute atomic E-state index is 12.4. The van der Waals surface area contributed by atoms with E-state index in [0.29, 0.717) is 16.9 Å². The molecule has 6 heteroatoms. The van der Waals surface area contributed by atoms with Crippen molar-refractivity contribution in [2.45, 2.75) is 18.9 Å². The van der Waals surface area contributed by atoms with Gasteiger partial charge in [0.25, 0.3) is 5.91 Å². The number of hydrogen-bond donors (Lipinski definition) is 1. The standard InChI is InChI=1S/C21H24N2O3.ClH/c1-23(18-11-13-22-14-12-18)20(24)15-26-19-9-7-17(8-10-19)21(25)16-5-3-2-4-6-16;/h2-10,18,22H,11-15H2,1H3;1H. The Hall–Kier alpha value is -2.37. The number of halogens is 1. The number of piperidine rings is 1. The molecular formula is C21H25ClN2O3. The van der Waals surface area contributed by atoms with Gasteiger partial charge in [-0.2, -0.15) is 0 Å². The number of ether oxygens (including phenoxy) is 1. The molecule has 1 amide bonds.